The SMILES string of the molecule is Cc1cc(C)c(C)c(S(=O)(=O)NC[C@H]2CC[C@H](CNc3nc(N(C)C)c4ccccc4n3)CC2)c1C. The molecule has 1 aliphatic carbocycles. The fourth-order valence-electron chi connectivity index (χ4n) is 5.24. The molecule has 1 fully saturated rings. The second-order valence-electron chi connectivity index (χ2n) is 10.5. The van der Waals surface area contributed by atoms with Crippen LogP contribution in [-0.2, 0) is 10.0 Å². The summed E-state index contributed by atoms with van der Waals surface area (Å²) in [4.78, 5) is 11.9. The van der Waals surface area contributed by atoms with Crippen LogP contribution in [0.3, 0.4) is 0 Å². The number of anilines is 2. The predicted octanol–water partition coefficient (Wildman–Crippen LogP) is 5.13. The predicted molar refractivity (Wildman–Crippen MR) is 148 cm³/mol. The molecule has 1 aliphatic rings. The van der Waals surface area contributed by atoms with Crippen LogP contribution in [0.1, 0.15) is 47.9 Å². The summed E-state index contributed by atoms with van der Waals surface area (Å²) in [6.07, 6.45) is 4.16. The number of nitrogens with zero attached hydrogens (tertiary/aromatic N) is 3. The van der Waals surface area contributed by atoms with E-state index in [4.69, 9.17) is 9.97 Å². The molecule has 7 nitrogen and oxygen atoms in total. The third kappa shape index (κ3) is 5.65. The molecule has 0 aliphatic heterocycles. The lowest BCUT2D eigenvalue weighted by Crippen LogP contribution is -2.33. The molecule has 4 rings (SSSR count). The van der Waals surface area contributed by atoms with Gasteiger partial charge in [-0.3, -0.25) is 0 Å². The topological polar surface area (TPSA) is 87.2 Å². The van der Waals surface area contributed by atoms with Crippen molar-refractivity contribution in [2.24, 2.45) is 11.8 Å². The second kappa shape index (κ2) is 10.7. The molecule has 2 aromatic carbocycles. The van der Waals surface area contributed by atoms with Crippen LogP contribution in [0.4, 0.5) is 11.8 Å². The van der Waals surface area contributed by atoms with E-state index in [0.29, 0.717) is 29.2 Å². The maximum Gasteiger partial charge on any atom is 0.241 e. The molecule has 0 unspecified atom stereocenters. The van der Waals surface area contributed by atoms with Crippen LogP contribution in [0.25, 0.3) is 10.9 Å². The summed E-state index contributed by atoms with van der Waals surface area (Å²) in [6.45, 7) is 9.06. The van der Waals surface area contributed by atoms with Gasteiger partial charge in [-0.1, -0.05) is 18.2 Å². The minimum absolute atomic E-state index is 0.361. The molecule has 0 atom stereocenters. The van der Waals surface area contributed by atoms with Gasteiger partial charge in [0, 0.05) is 32.6 Å². The second-order valence-corrected chi connectivity index (χ2v) is 12.2. The van der Waals surface area contributed by atoms with E-state index in [1.807, 2.05) is 71.0 Å². The Morgan fingerprint density at radius 2 is 1.47 bits per heavy atom. The van der Waals surface area contributed by atoms with Crippen LogP contribution in [0.5, 0.6) is 0 Å². The van der Waals surface area contributed by atoms with Crippen molar-refractivity contribution in [1.29, 1.82) is 0 Å². The first-order valence-electron chi connectivity index (χ1n) is 12.8. The zero-order chi connectivity index (χ0) is 26.0. The first-order chi connectivity index (χ1) is 17.1. The molecule has 0 spiro atoms. The summed E-state index contributed by atoms with van der Waals surface area (Å²) < 4.78 is 29.3. The lowest BCUT2D eigenvalue weighted by molar-refractivity contribution is 0.284. The van der Waals surface area contributed by atoms with Gasteiger partial charge in [0.2, 0.25) is 16.0 Å². The monoisotopic (exact) mass is 509 g/mol. The lowest BCUT2D eigenvalue weighted by Gasteiger charge is -2.29. The van der Waals surface area contributed by atoms with E-state index in [1.165, 1.54) is 0 Å². The molecule has 36 heavy (non-hydrogen) atoms. The molecule has 2 N–H and O–H groups in total. The van der Waals surface area contributed by atoms with E-state index in [1.54, 1.807) is 0 Å². The lowest BCUT2D eigenvalue weighted by atomic mass is 9.82. The van der Waals surface area contributed by atoms with Gasteiger partial charge >= 0.3 is 0 Å². The Morgan fingerprint density at radius 1 is 0.889 bits per heavy atom. The molecule has 8 heteroatoms. The van der Waals surface area contributed by atoms with Crippen molar-refractivity contribution >= 4 is 32.7 Å². The van der Waals surface area contributed by atoms with E-state index in [-0.39, 0.29) is 0 Å². The minimum Gasteiger partial charge on any atom is -0.362 e. The molecule has 1 heterocycles. The number of fused-ring (bicyclic) bond motifs is 1. The minimum atomic E-state index is -3.54. The van der Waals surface area contributed by atoms with Gasteiger partial charge in [0.1, 0.15) is 5.82 Å². The molecular weight excluding hydrogens is 470 g/mol. The maximum absolute atomic E-state index is 13.2. The van der Waals surface area contributed by atoms with E-state index < -0.39 is 10.0 Å². The van der Waals surface area contributed by atoms with Crippen LogP contribution in [0.15, 0.2) is 35.2 Å². The Labute approximate surface area is 215 Å². The van der Waals surface area contributed by atoms with Crippen LogP contribution >= 0.6 is 0 Å². The fourth-order valence-corrected chi connectivity index (χ4v) is 6.97. The van der Waals surface area contributed by atoms with Gasteiger partial charge < -0.3 is 10.2 Å². The van der Waals surface area contributed by atoms with Gasteiger partial charge in [0.15, 0.2) is 0 Å². The van der Waals surface area contributed by atoms with Crippen molar-refractivity contribution in [3.8, 4) is 0 Å². The van der Waals surface area contributed by atoms with Crippen LogP contribution < -0.4 is 14.9 Å². The summed E-state index contributed by atoms with van der Waals surface area (Å²) in [7, 11) is 0.456. The number of para-hydroxylation sites is 1. The van der Waals surface area contributed by atoms with E-state index in [2.05, 4.69) is 16.1 Å². The summed E-state index contributed by atoms with van der Waals surface area (Å²) in [5.41, 5.74) is 4.64. The third-order valence-corrected chi connectivity index (χ3v) is 9.35. The highest BCUT2D eigenvalue weighted by Gasteiger charge is 2.26. The van der Waals surface area contributed by atoms with Crippen molar-refractivity contribution < 1.29 is 8.42 Å². The average Bonchev–Trinajstić information content (AvgIpc) is 2.85. The van der Waals surface area contributed by atoms with Gasteiger partial charge in [0.05, 0.1) is 10.4 Å². The van der Waals surface area contributed by atoms with Gasteiger partial charge in [0.25, 0.3) is 0 Å². The number of hydrogen-bond donors (Lipinski definition) is 2. The van der Waals surface area contributed by atoms with Gasteiger partial charge in [-0.15, -0.1) is 0 Å². The fraction of sp³-hybridized carbons (Fsp3) is 0.500. The summed E-state index contributed by atoms with van der Waals surface area (Å²) in [6, 6.07) is 10.1. The molecule has 0 bridgehead atoms. The Bertz CT molecular complexity index is 1320. The molecular formula is C28H39N5O2S. The maximum atomic E-state index is 13.2. The number of rotatable bonds is 8. The summed E-state index contributed by atoms with van der Waals surface area (Å²) >= 11 is 0. The number of nitrogens with one attached hydrogen (secondary N) is 2. The van der Waals surface area contributed by atoms with Gasteiger partial charge in [-0.25, -0.2) is 18.1 Å². The number of benzene rings is 2. The molecule has 1 saturated carbocycles. The largest absolute Gasteiger partial charge is 0.362 e. The zero-order valence-corrected chi connectivity index (χ0v) is 23.2. The number of aryl methyl sites for hydroxylation is 2. The average molecular weight is 510 g/mol. The molecule has 1 aromatic heterocycles. The van der Waals surface area contributed by atoms with Gasteiger partial charge in [-0.2, -0.15) is 4.98 Å². The van der Waals surface area contributed by atoms with E-state index in [9.17, 15) is 8.42 Å². The Morgan fingerprint density at radius 3 is 2.08 bits per heavy atom. The van der Waals surface area contributed by atoms with Crippen molar-refractivity contribution in [2.75, 3.05) is 37.4 Å². The Balaban J connectivity index is 1.32. The standard InChI is InChI=1S/C28H39N5O2S/c1-18-15-19(2)21(4)26(20(18)3)36(34,35)30-17-23-13-11-22(12-14-23)16-29-28-31-25-10-8-7-9-24(25)27(32-28)33(5)6/h7-10,15,22-23,30H,11-14,16-17H2,1-6H3,(H,29,31,32)/t22-,23-. The Hall–Kier alpha value is -2.71. The molecule has 194 valence electrons. The summed E-state index contributed by atoms with van der Waals surface area (Å²) in [5, 5.41) is 4.50. The number of hydrogen-bond acceptors (Lipinski definition) is 6. The van der Waals surface area contributed by atoms with Crippen molar-refractivity contribution in [3.05, 3.63) is 52.6 Å². The number of aromatic nitrogens is 2. The molecule has 0 saturated heterocycles. The first kappa shape index (κ1) is 26.4. The van der Waals surface area contributed by atoms with Gasteiger partial charge in [-0.05, 0) is 99.6 Å². The zero-order valence-electron chi connectivity index (χ0n) is 22.4. The van der Waals surface area contributed by atoms with Crippen LogP contribution in [-0.4, -0.2) is 45.6 Å². The quantitative estimate of drug-likeness (QED) is 0.438. The van der Waals surface area contributed by atoms with Crippen molar-refractivity contribution in [2.45, 2.75) is 58.3 Å². The Kier molecular flexibility index (Phi) is 7.85. The van der Waals surface area contributed by atoms with E-state index >= 15 is 0 Å². The van der Waals surface area contributed by atoms with E-state index in [0.717, 1.165) is 71.2 Å². The highest BCUT2D eigenvalue weighted by molar-refractivity contribution is 7.89. The van der Waals surface area contributed by atoms with Crippen molar-refractivity contribution in [1.82, 2.24) is 14.7 Å². The smallest absolute Gasteiger partial charge is 0.241 e. The van der Waals surface area contributed by atoms with Crippen LogP contribution in [0.2, 0.25) is 0 Å². The van der Waals surface area contributed by atoms with Crippen molar-refractivity contribution in [3.63, 3.8) is 0 Å². The molecule has 3 aromatic rings. The number of sulfonamides is 1. The molecule has 0 amide bonds. The highest BCUT2D eigenvalue weighted by Crippen LogP contribution is 2.31. The summed E-state index contributed by atoms with van der Waals surface area (Å²) in [5.74, 6) is 2.46. The molecule has 0 radical (unpaired) electrons. The van der Waals surface area contributed by atoms with Crippen LogP contribution in [0, 0.1) is 39.5 Å². The first-order valence-corrected chi connectivity index (χ1v) is 14.3. The third-order valence-electron chi connectivity index (χ3n) is 7.65. The normalized spacial score (nSPS) is 18.4. The highest BCUT2D eigenvalue weighted by atomic mass is 32.2.